The van der Waals surface area contributed by atoms with Crippen molar-refractivity contribution in [2.75, 3.05) is 26.7 Å². The van der Waals surface area contributed by atoms with Gasteiger partial charge in [0.2, 0.25) is 0 Å². The van der Waals surface area contributed by atoms with Crippen molar-refractivity contribution in [3.63, 3.8) is 0 Å². The molecule has 0 saturated carbocycles. The van der Waals surface area contributed by atoms with Crippen LogP contribution < -0.4 is 0 Å². The second-order valence-electron chi connectivity index (χ2n) is 4.08. The third-order valence-corrected chi connectivity index (χ3v) is 2.68. The lowest BCUT2D eigenvalue weighted by molar-refractivity contribution is -0.138. The number of esters is 1. The molecule has 1 aliphatic heterocycles. The summed E-state index contributed by atoms with van der Waals surface area (Å²) in [6.07, 6.45) is 3.90. The fourth-order valence-corrected chi connectivity index (χ4v) is 1.94. The van der Waals surface area contributed by atoms with Crippen LogP contribution in [0.1, 0.15) is 19.8 Å². The molecule has 0 spiro atoms. The summed E-state index contributed by atoms with van der Waals surface area (Å²) in [5.74, 6) is -0.212. The van der Waals surface area contributed by atoms with Crippen molar-refractivity contribution >= 4 is 29.9 Å². The average molecular weight is 350 g/mol. The van der Waals surface area contributed by atoms with E-state index in [0.717, 1.165) is 25.9 Å². The Morgan fingerprint density at radius 1 is 1.65 bits per heavy atom. The van der Waals surface area contributed by atoms with Gasteiger partial charge in [-0.1, -0.05) is 6.08 Å². The molecule has 0 aromatic rings. The van der Waals surface area contributed by atoms with Crippen LogP contribution in [0.15, 0.2) is 11.6 Å². The molecule has 1 unspecified atom stereocenters. The normalized spacial score (nSPS) is 21.2. The van der Waals surface area contributed by atoms with E-state index in [1.165, 1.54) is 0 Å². The van der Waals surface area contributed by atoms with Crippen molar-refractivity contribution in [3.8, 4) is 6.07 Å². The van der Waals surface area contributed by atoms with E-state index in [0.29, 0.717) is 6.61 Å². The van der Waals surface area contributed by atoms with Crippen molar-refractivity contribution in [2.24, 2.45) is 5.92 Å². The highest BCUT2D eigenvalue weighted by Crippen LogP contribution is 2.18. The maximum atomic E-state index is 11.4. The van der Waals surface area contributed by atoms with Crippen molar-refractivity contribution in [1.29, 1.82) is 5.26 Å². The first-order valence-electron chi connectivity index (χ1n) is 5.65. The monoisotopic (exact) mass is 350 g/mol. The van der Waals surface area contributed by atoms with Gasteiger partial charge >= 0.3 is 5.97 Å². The van der Waals surface area contributed by atoms with Gasteiger partial charge in [-0.15, -0.1) is 24.0 Å². The fourth-order valence-electron chi connectivity index (χ4n) is 1.94. The number of nitriles is 1. The summed E-state index contributed by atoms with van der Waals surface area (Å²) >= 11 is 0. The predicted molar refractivity (Wildman–Crippen MR) is 76.0 cm³/mol. The molecule has 96 valence electrons. The topological polar surface area (TPSA) is 53.3 Å². The van der Waals surface area contributed by atoms with Gasteiger partial charge in [0.25, 0.3) is 0 Å². The van der Waals surface area contributed by atoms with Gasteiger partial charge in [0.1, 0.15) is 11.6 Å². The van der Waals surface area contributed by atoms with Crippen LogP contribution in [-0.4, -0.2) is 37.6 Å². The first kappa shape index (κ1) is 16.4. The number of halogens is 1. The minimum atomic E-state index is -0.502. The Morgan fingerprint density at radius 3 is 2.88 bits per heavy atom. The number of hydrogen-bond acceptors (Lipinski definition) is 4. The number of rotatable bonds is 3. The standard InChI is InChI=1S/C12H18N2O2.HI/c1-3-16-12(15)11(8-13)7-10-5-4-6-14(2)9-10;/h7,10H,3-6,9H2,1-2H3;1H. The Morgan fingerprint density at radius 2 is 2.35 bits per heavy atom. The van der Waals surface area contributed by atoms with E-state index < -0.39 is 5.97 Å². The molecule has 1 heterocycles. The zero-order valence-electron chi connectivity index (χ0n) is 10.3. The van der Waals surface area contributed by atoms with Crippen LogP contribution in [0.2, 0.25) is 0 Å². The lowest BCUT2D eigenvalue weighted by Gasteiger charge is -2.27. The molecule has 0 aliphatic carbocycles. The molecule has 0 bridgehead atoms. The van der Waals surface area contributed by atoms with Gasteiger partial charge in [0.05, 0.1) is 6.61 Å². The molecule has 0 aromatic heterocycles. The summed E-state index contributed by atoms with van der Waals surface area (Å²) in [5, 5.41) is 8.89. The molecule has 4 nitrogen and oxygen atoms in total. The highest BCUT2D eigenvalue weighted by molar-refractivity contribution is 14.0. The Kier molecular flexibility index (Phi) is 8.17. The summed E-state index contributed by atoms with van der Waals surface area (Å²) in [4.78, 5) is 13.6. The smallest absolute Gasteiger partial charge is 0.348 e. The zero-order chi connectivity index (χ0) is 12.0. The molecule has 1 atom stereocenters. The van der Waals surface area contributed by atoms with Crippen LogP contribution in [0, 0.1) is 17.2 Å². The van der Waals surface area contributed by atoms with E-state index in [2.05, 4.69) is 11.9 Å². The van der Waals surface area contributed by atoms with E-state index in [-0.39, 0.29) is 35.5 Å². The van der Waals surface area contributed by atoms with E-state index in [1.807, 2.05) is 6.07 Å². The van der Waals surface area contributed by atoms with Gasteiger partial charge in [-0.2, -0.15) is 5.26 Å². The fraction of sp³-hybridized carbons (Fsp3) is 0.667. The number of likely N-dealkylation sites (tertiary alicyclic amines) is 1. The summed E-state index contributed by atoms with van der Waals surface area (Å²) in [5.41, 5.74) is 0.141. The van der Waals surface area contributed by atoms with Gasteiger partial charge in [-0.25, -0.2) is 4.79 Å². The molecule has 1 aliphatic rings. The van der Waals surface area contributed by atoms with Crippen LogP contribution in [0.5, 0.6) is 0 Å². The number of ether oxygens (including phenoxy) is 1. The Balaban J connectivity index is 0.00000256. The molecule has 0 aromatic carbocycles. The summed E-state index contributed by atoms with van der Waals surface area (Å²) in [6, 6.07) is 1.92. The van der Waals surface area contributed by atoms with E-state index in [1.54, 1.807) is 13.0 Å². The van der Waals surface area contributed by atoms with Crippen LogP contribution in [0.3, 0.4) is 0 Å². The van der Waals surface area contributed by atoms with Crippen LogP contribution in [-0.2, 0) is 9.53 Å². The number of carbonyl (C=O) groups is 1. The lowest BCUT2D eigenvalue weighted by Crippen LogP contribution is -2.31. The van der Waals surface area contributed by atoms with Gasteiger partial charge in [0.15, 0.2) is 0 Å². The molecular formula is C12H19IN2O2. The second-order valence-corrected chi connectivity index (χ2v) is 4.08. The highest BCUT2D eigenvalue weighted by Gasteiger charge is 2.18. The summed E-state index contributed by atoms with van der Waals surface area (Å²) < 4.78 is 4.82. The average Bonchev–Trinajstić information content (AvgIpc) is 2.26. The SMILES string of the molecule is CCOC(=O)C(C#N)=CC1CCCN(C)C1.I. The van der Waals surface area contributed by atoms with E-state index >= 15 is 0 Å². The Hall–Kier alpha value is -0.610. The largest absolute Gasteiger partial charge is 0.462 e. The summed E-state index contributed by atoms with van der Waals surface area (Å²) in [6.45, 7) is 4.04. The minimum Gasteiger partial charge on any atom is -0.462 e. The van der Waals surface area contributed by atoms with Crippen molar-refractivity contribution in [1.82, 2.24) is 4.90 Å². The first-order chi connectivity index (χ1) is 7.67. The Bertz CT molecular complexity index is 323. The first-order valence-corrected chi connectivity index (χ1v) is 5.65. The molecule has 0 amide bonds. The number of piperidine rings is 1. The highest BCUT2D eigenvalue weighted by atomic mass is 127. The molecule has 0 N–H and O–H groups in total. The zero-order valence-corrected chi connectivity index (χ0v) is 12.6. The lowest BCUT2D eigenvalue weighted by atomic mass is 9.96. The molecule has 17 heavy (non-hydrogen) atoms. The maximum Gasteiger partial charge on any atom is 0.348 e. The van der Waals surface area contributed by atoms with E-state index in [9.17, 15) is 4.79 Å². The maximum absolute atomic E-state index is 11.4. The number of carbonyl (C=O) groups excluding carboxylic acids is 1. The molecule has 1 fully saturated rings. The van der Waals surface area contributed by atoms with Crippen LogP contribution >= 0.6 is 24.0 Å². The second kappa shape index (κ2) is 8.48. The predicted octanol–water partition coefficient (Wildman–Crippen LogP) is 1.96. The van der Waals surface area contributed by atoms with Crippen molar-refractivity contribution in [2.45, 2.75) is 19.8 Å². The van der Waals surface area contributed by atoms with Crippen molar-refractivity contribution in [3.05, 3.63) is 11.6 Å². The number of nitrogens with zero attached hydrogens (tertiary/aromatic N) is 2. The third kappa shape index (κ3) is 5.50. The number of hydrogen-bond donors (Lipinski definition) is 0. The molecular weight excluding hydrogens is 331 g/mol. The van der Waals surface area contributed by atoms with Crippen molar-refractivity contribution < 1.29 is 9.53 Å². The van der Waals surface area contributed by atoms with Crippen LogP contribution in [0.25, 0.3) is 0 Å². The minimum absolute atomic E-state index is 0. The quantitative estimate of drug-likeness (QED) is 0.338. The Labute approximate surface area is 120 Å². The molecule has 1 saturated heterocycles. The summed E-state index contributed by atoms with van der Waals surface area (Å²) in [7, 11) is 2.05. The van der Waals surface area contributed by atoms with E-state index in [4.69, 9.17) is 10.00 Å². The van der Waals surface area contributed by atoms with Gasteiger partial charge in [-0.05, 0) is 39.3 Å². The van der Waals surface area contributed by atoms with Gasteiger partial charge in [0, 0.05) is 6.54 Å². The van der Waals surface area contributed by atoms with Crippen LogP contribution in [0.4, 0.5) is 0 Å². The van der Waals surface area contributed by atoms with Gasteiger partial charge < -0.3 is 9.64 Å². The molecule has 0 radical (unpaired) electrons. The third-order valence-electron chi connectivity index (χ3n) is 2.68. The van der Waals surface area contributed by atoms with Gasteiger partial charge in [-0.3, -0.25) is 0 Å². The molecule has 5 heteroatoms. The molecule has 1 rings (SSSR count).